The molecule has 11 heteroatoms. The molecule has 2 fully saturated rings. The fraction of sp³-hybridized carbons (Fsp3) is 0.412. The molecule has 0 bridgehead atoms. The number of carbonyl (C=O) groups excluding carboxylic acids is 1. The molecule has 3 aromatic carbocycles. The van der Waals surface area contributed by atoms with Crippen LogP contribution in [-0.2, 0) is 37.2 Å². The van der Waals surface area contributed by atoms with E-state index in [1.165, 1.54) is 24.3 Å². The zero-order chi connectivity index (χ0) is 32.1. The molecule has 1 saturated carbocycles. The smallest absolute Gasteiger partial charge is 0.306 e. The second-order valence-electron chi connectivity index (χ2n) is 12.6. The van der Waals surface area contributed by atoms with Crippen LogP contribution < -0.4 is 4.74 Å². The Labute approximate surface area is 266 Å². The van der Waals surface area contributed by atoms with Crippen molar-refractivity contribution in [1.82, 2.24) is 4.90 Å². The quantitative estimate of drug-likeness (QED) is 0.284. The molecular weight excluding hydrogens is 624 g/mol. The Hall–Kier alpha value is -3.50. The van der Waals surface area contributed by atoms with Gasteiger partial charge in [-0.05, 0) is 105 Å². The number of hydrogen-bond donors (Lipinski definition) is 1. The minimum Gasteiger partial charge on any atom is -0.489 e. The summed E-state index contributed by atoms with van der Waals surface area (Å²) in [5.74, 6) is -2.13. The first kappa shape index (κ1) is 31.5. The number of carboxylic acids is 1. The second-order valence-corrected chi connectivity index (χ2v) is 15.2. The van der Waals surface area contributed by atoms with Crippen molar-refractivity contribution in [2.24, 2.45) is 11.3 Å². The van der Waals surface area contributed by atoms with Crippen molar-refractivity contribution in [3.63, 3.8) is 0 Å². The van der Waals surface area contributed by atoms with Crippen molar-refractivity contribution in [2.75, 3.05) is 6.54 Å². The van der Waals surface area contributed by atoms with Crippen LogP contribution in [0.5, 0.6) is 5.75 Å². The average Bonchev–Trinajstić information content (AvgIpc) is 3.42. The van der Waals surface area contributed by atoms with Crippen molar-refractivity contribution < 1.29 is 36.6 Å². The number of benzene rings is 3. The van der Waals surface area contributed by atoms with E-state index in [9.17, 15) is 31.9 Å². The predicted molar refractivity (Wildman–Crippen MR) is 164 cm³/mol. The normalized spacial score (nSPS) is 26.2. The molecule has 0 spiro atoms. The monoisotopic (exact) mass is 657 g/mol. The maximum atomic E-state index is 14.7. The highest BCUT2D eigenvalue weighted by Gasteiger charge is 2.62. The molecule has 45 heavy (non-hydrogen) atoms. The number of likely N-dealkylation sites (tertiary alicyclic amines) is 1. The third-order valence-corrected chi connectivity index (χ3v) is 13.0. The van der Waals surface area contributed by atoms with Gasteiger partial charge in [-0.2, -0.15) is 0 Å². The number of carboxylic acid groups (broad SMARTS) is 1. The average molecular weight is 658 g/mol. The highest BCUT2D eigenvalue weighted by Crippen LogP contribution is 2.54. The molecule has 3 aromatic rings. The fourth-order valence-corrected chi connectivity index (χ4v) is 10.1. The maximum absolute atomic E-state index is 14.7. The molecule has 3 aliphatic rings. The van der Waals surface area contributed by atoms with E-state index in [0.717, 1.165) is 17.7 Å². The van der Waals surface area contributed by atoms with Gasteiger partial charge in [-0.25, -0.2) is 17.2 Å². The number of amides is 1. The van der Waals surface area contributed by atoms with Gasteiger partial charge in [0.2, 0.25) is 5.91 Å². The van der Waals surface area contributed by atoms with E-state index in [1.807, 2.05) is 6.92 Å². The molecule has 1 aliphatic heterocycles. The minimum absolute atomic E-state index is 0.0289. The van der Waals surface area contributed by atoms with Gasteiger partial charge in [0.1, 0.15) is 28.7 Å². The predicted octanol–water partition coefficient (Wildman–Crippen LogP) is 6.69. The van der Waals surface area contributed by atoms with Gasteiger partial charge >= 0.3 is 5.97 Å². The Balaban J connectivity index is 1.37. The molecule has 7 nitrogen and oxygen atoms in total. The molecular formula is C34H34ClF2NO6S. The molecule has 238 valence electrons. The van der Waals surface area contributed by atoms with E-state index >= 15 is 0 Å². The van der Waals surface area contributed by atoms with Crippen LogP contribution >= 0.6 is 11.6 Å². The molecule has 0 aromatic heterocycles. The molecule has 2 atom stereocenters. The van der Waals surface area contributed by atoms with E-state index in [2.05, 4.69) is 0 Å². The van der Waals surface area contributed by atoms with E-state index in [1.54, 1.807) is 29.2 Å². The van der Waals surface area contributed by atoms with Crippen molar-refractivity contribution in [3.05, 3.63) is 94.0 Å². The zero-order valence-corrected chi connectivity index (χ0v) is 26.3. The van der Waals surface area contributed by atoms with Gasteiger partial charge in [0.15, 0.2) is 9.84 Å². The molecule has 1 saturated heterocycles. The van der Waals surface area contributed by atoms with Crippen LogP contribution in [0.3, 0.4) is 0 Å². The summed E-state index contributed by atoms with van der Waals surface area (Å²) in [6.07, 6.45) is 2.59. The summed E-state index contributed by atoms with van der Waals surface area (Å²) in [7, 11) is -4.15. The third-order valence-electron chi connectivity index (χ3n) is 10.1. The van der Waals surface area contributed by atoms with Crippen LogP contribution in [0.25, 0.3) is 0 Å². The van der Waals surface area contributed by atoms with Crippen LogP contribution in [0.4, 0.5) is 8.78 Å². The molecule has 1 heterocycles. The molecule has 6 rings (SSSR count). The number of halogens is 3. The molecule has 0 unspecified atom stereocenters. The van der Waals surface area contributed by atoms with Crippen molar-refractivity contribution in [3.8, 4) is 5.75 Å². The minimum atomic E-state index is -4.15. The number of rotatable bonds is 7. The van der Waals surface area contributed by atoms with Gasteiger partial charge < -0.3 is 14.7 Å². The summed E-state index contributed by atoms with van der Waals surface area (Å²) in [6, 6.07) is 13.6. The Bertz CT molecular complexity index is 1740. The lowest BCUT2D eigenvalue weighted by atomic mass is 9.70. The standard InChI is InChI=1S/C34H34ClF2NO6S/c1-33(15-13-21(14-16-33)31(39)40)32(41)38-18-17-34(45(42,43)25-9-6-23(36)7-10-25)27-11-8-24(19-22(27)5-12-30(34)38)44-20-26-28(35)3-2-4-29(26)37/h2-4,6-11,19,21,30H,5,12-18,20H2,1H3,(H,39,40)/t21-,30-,33-,34-/m1/s1. The SMILES string of the molecule is C[C@]1(C(=O)N2CC[C@@]3(S(=O)(=O)c4ccc(F)cc4)c4ccc(OCc5c(F)cccc5Cl)cc4CC[C@@H]23)CC[C@H](C(=O)O)CC1. The summed E-state index contributed by atoms with van der Waals surface area (Å²) < 4.78 is 62.0. The van der Waals surface area contributed by atoms with Gasteiger partial charge in [-0.1, -0.05) is 30.7 Å². The third kappa shape index (κ3) is 5.29. The number of hydrogen-bond acceptors (Lipinski definition) is 5. The van der Waals surface area contributed by atoms with E-state index in [4.69, 9.17) is 16.3 Å². The first-order valence-electron chi connectivity index (χ1n) is 15.1. The second kappa shape index (κ2) is 11.7. The molecule has 2 aliphatic carbocycles. The molecule has 1 N–H and O–H groups in total. The lowest BCUT2D eigenvalue weighted by Crippen LogP contribution is -2.55. The summed E-state index contributed by atoms with van der Waals surface area (Å²) >= 11 is 6.17. The topological polar surface area (TPSA) is 101 Å². The lowest BCUT2D eigenvalue weighted by Gasteiger charge is -2.45. The Morgan fingerprint density at radius 3 is 2.40 bits per heavy atom. The number of nitrogens with zero attached hydrogens (tertiary/aromatic N) is 1. The van der Waals surface area contributed by atoms with Crippen molar-refractivity contribution in [2.45, 2.75) is 74.2 Å². The lowest BCUT2D eigenvalue weighted by molar-refractivity contribution is -0.150. The van der Waals surface area contributed by atoms with E-state index in [-0.39, 0.29) is 41.0 Å². The number of aliphatic carboxylic acids is 1. The molecule has 0 radical (unpaired) electrons. The maximum Gasteiger partial charge on any atom is 0.306 e. The number of ether oxygens (including phenoxy) is 1. The van der Waals surface area contributed by atoms with Gasteiger partial charge in [-0.3, -0.25) is 9.59 Å². The van der Waals surface area contributed by atoms with Crippen LogP contribution in [0.1, 0.15) is 62.1 Å². The first-order valence-corrected chi connectivity index (χ1v) is 17.0. The summed E-state index contributed by atoms with van der Waals surface area (Å²) in [6.45, 7) is 1.95. The summed E-state index contributed by atoms with van der Waals surface area (Å²) in [4.78, 5) is 27.4. The Morgan fingerprint density at radius 1 is 1.02 bits per heavy atom. The zero-order valence-electron chi connectivity index (χ0n) is 24.8. The van der Waals surface area contributed by atoms with E-state index < -0.39 is 49.6 Å². The van der Waals surface area contributed by atoms with Crippen LogP contribution in [0.2, 0.25) is 5.02 Å². The van der Waals surface area contributed by atoms with Crippen LogP contribution in [0.15, 0.2) is 65.6 Å². The molecule has 1 amide bonds. The number of sulfone groups is 1. The van der Waals surface area contributed by atoms with Crippen molar-refractivity contribution in [1.29, 1.82) is 0 Å². The first-order chi connectivity index (χ1) is 21.4. The largest absolute Gasteiger partial charge is 0.489 e. The van der Waals surface area contributed by atoms with Gasteiger partial charge in [0.25, 0.3) is 0 Å². The number of aryl methyl sites for hydroxylation is 1. The van der Waals surface area contributed by atoms with Crippen LogP contribution in [0, 0.1) is 23.0 Å². The number of fused-ring (bicyclic) bond motifs is 3. The van der Waals surface area contributed by atoms with Gasteiger partial charge in [-0.15, -0.1) is 0 Å². The number of carbonyl (C=O) groups is 2. The summed E-state index contributed by atoms with van der Waals surface area (Å²) in [5.41, 5.74) is 0.724. The van der Waals surface area contributed by atoms with Crippen LogP contribution in [-0.4, -0.2) is 42.9 Å². The summed E-state index contributed by atoms with van der Waals surface area (Å²) in [5, 5.41) is 9.71. The highest BCUT2D eigenvalue weighted by molar-refractivity contribution is 7.92. The Kier molecular flexibility index (Phi) is 8.18. The van der Waals surface area contributed by atoms with Gasteiger partial charge in [0.05, 0.1) is 21.9 Å². The Morgan fingerprint density at radius 2 is 1.73 bits per heavy atom. The van der Waals surface area contributed by atoms with Gasteiger partial charge in [0, 0.05) is 17.5 Å². The van der Waals surface area contributed by atoms with E-state index in [0.29, 0.717) is 49.8 Å². The fourth-order valence-electron chi connectivity index (χ4n) is 7.55. The van der Waals surface area contributed by atoms with Crippen molar-refractivity contribution >= 4 is 33.3 Å². The highest BCUT2D eigenvalue weighted by atomic mass is 35.5.